The normalized spacial score (nSPS) is 11.2. The Hall–Kier alpha value is -2.35. The number of carbonyl (C=O) groups is 1. The summed E-state index contributed by atoms with van der Waals surface area (Å²) < 4.78 is 67.8. The number of alkyl halides is 3. The van der Waals surface area contributed by atoms with Gasteiger partial charge in [0.15, 0.2) is 6.61 Å². The summed E-state index contributed by atoms with van der Waals surface area (Å²) in [5.74, 6) is -3.28. The summed E-state index contributed by atoms with van der Waals surface area (Å²) in [6.45, 7) is -1.58. The van der Waals surface area contributed by atoms with Crippen LogP contribution in [0, 0.1) is 11.6 Å². The lowest BCUT2D eigenvalue weighted by molar-refractivity contribution is -0.153. The van der Waals surface area contributed by atoms with Crippen LogP contribution < -0.4 is 10.1 Å². The van der Waals surface area contributed by atoms with E-state index in [1.807, 2.05) is 0 Å². The van der Waals surface area contributed by atoms with E-state index in [0.717, 1.165) is 24.3 Å². The Morgan fingerprint density at radius 3 is 2.46 bits per heavy atom. The van der Waals surface area contributed by atoms with Crippen molar-refractivity contribution in [3.63, 3.8) is 0 Å². The number of anilines is 1. The standard InChI is InChI=1S/C15H9ClF5NO2/c16-8-1-4-13(24-7-15(19,20)21)12(5-8)22-14(23)10-3-2-9(17)6-11(10)18/h1-6H,7H2,(H,22,23). The van der Waals surface area contributed by atoms with E-state index in [-0.39, 0.29) is 16.5 Å². The first-order valence-corrected chi connectivity index (χ1v) is 6.79. The molecule has 1 amide bonds. The lowest BCUT2D eigenvalue weighted by Gasteiger charge is -2.14. The molecule has 128 valence electrons. The van der Waals surface area contributed by atoms with E-state index in [1.54, 1.807) is 0 Å². The molecule has 0 unspecified atom stereocenters. The topological polar surface area (TPSA) is 38.3 Å². The van der Waals surface area contributed by atoms with E-state index in [9.17, 15) is 26.7 Å². The quantitative estimate of drug-likeness (QED) is 0.789. The van der Waals surface area contributed by atoms with Crippen molar-refractivity contribution in [3.05, 3.63) is 58.6 Å². The molecule has 2 aromatic rings. The van der Waals surface area contributed by atoms with Gasteiger partial charge in [0, 0.05) is 11.1 Å². The molecule has 0 aliphatic carbocycles. The molecular formula is C15H9ClF5NO2. The highest BCUT2D eigenvalue weighted by Crippen LogP contribution is 2.30. The van der Waals surface area contributed by atoms with Gasteiger partial charge >= 0.3 is 6.18 Å². The molecule has 0 aliphatic heterocycles. The van der Waals surface area contributed by atoms with Crippen LogP contribution in [0.25, 0.3) is 0 Å². The number of hydrogen-bond donors (Lipinski definition) is 1. The van der Waals surface area contributed by atoms with E-state index in [2.05, 4.69) is 10.1 Å². The highest BCUT2D eigenvalue weighted by atomic mass is 35.5. The molecule has 0 atom stereocenters. The van der Waals surface area contributed by atoms with Crippen LogP contribution in [0.15, 0.2) is 36.4 Å². The third kappa shape index (κ3) is 4.82. The number of rotatable bonds is 4. The highest BCUT2D eigenvalue weighted by Gasteiger charge is 2.29. The van der Waals surface area contributed by atoms with Crippen LogP contribution in [0.4, 0.5) is 27.6 Å². The molecule has 0 spiro atoms. The van der Waals surface area contributed by atoms with E-state index < -0.39 is 35.9 Å². The van der Waals surface area contributed by atoms with Gasteiger partial charge in [-0.15, -0.1) is 0 Å². The molecule has 0 heterocycles. The lowest BCUT2D eigenvalue weighted by Crippen LogP contribution is -2.20. The second-order valence-electron chi connectivity index (χ2n) is 4.62. The van der Waals surface area contributed by atoms with Crippen molar-refractivity contribution in [3.8, 4) is 5.75 Å². The molecule has 0 aliphatic rings. The SMILES string of the molecule is O=C(Nc1cc(Cl)ccc1OCC(F)(F)F)c1ccc(F)cc1F. The number of benzene rings is 2. The van der Waals surface area contributed by atoms with Crippen LogP contribution in [-0.2, 0) is 0 Å². The monoisotopic (exact) mass is 365 g/mol. The summed E-state index contributed by atoms with van der Waals surface area (Å²) in [5, 5.41) is 2.30. The lowest BCUT2D eigenvalue weighted by atomic mass is 10.2. The van der Waals surface area contributed by atoms with E-state index in [4.69, 9.17) is 11.6 Å². The van der Waals surface area contributed by atoms with Crippen molar-refractivity contribution in [1.82, 2.24) is 0 Å². The second kappa shape index (κ2) is 7.04. The molecule has 1 N–H and O–H groups in total. The fourth-order valence-electron chi connectivity index (χ4n) is 1.75. The number of hydrogen-bond acceptors (Lipinski definition) is 2. The largest absolute Gasteiger partial charge is 0.482 e. The zero-order valence-corrected chi connectivity index (χ0v) is 12.5. The third-order valence-corrected chi connectivity index (χ3v) is 2.99. The van der Waals surface area contributed by atoms with Gasteiger partial charge in [-0.25, -0.2) is 8.78 Å². The molecule has 0 bridgehead atoms. The molecule has 24 heavy (non-hydrogen) atoms. The number of halogens is 6. The summed E-state index contributed by atoms with van der Waals surface area (Å²) in [4.78, 5) is 12.0. The smallest absolute Gasteiger partial charge is 0.422 e. The summed E-state index contributed by atoms with van der Waals surface area (Å²) in [5.41, 5.74) is -0.668. The molecular weight excluding hydrogens is 357 g/mol. The Kier molecular flexibility index (Phi) is 5.28. The van der Waals surface area contributed by atoms with Crippen molar-refractivity contribution >= 4 is 23.2 Å². The molecule has 0 saturated heterocycles. The van der Waals surface area contributed by atoms with Crippen LogP contribution >= 0.6 is 11.6 Å². The third-order valence-electron chi connectivity index (χ3n) is 2.76. The maximum atomic E-state index is 13.6. The summed E-state index contributed by atoms with van der Waals surface area (Å²) in [7, 11) is 0. The van der Waals surface area contributed by atoms with Gasteiger partial charge in [-0.2, -0.15) is 13.2 Å². The van der Waals surface area contributed by atoms with Gasteiger partial charge in [0.1, 0.15) is 17.4 Å². The van der Waals surface area contributed by atoms with Gasteiger partial charge in [0.25, 0.3) is 5.91 Å². The van der Waals surface area contributed by atoms with Crippen LogP contribution in [0.1, 0.15) is 10.4 Å². The predicted molar refractivity (Wildman–Crippen MR) is 77.3 cm³/mol. The number of ether oxygens (including phenoxy) is 1. The average Bonchev–Trinajstić information content (AvgIpc) is 2.45. The molecule has 0 aromatic heterocycles. The minimum atomic E-state index is -4.58. The molecule has 3 nitrogen and oxygen atoms in total. The second-order valence-corrected chi connectivity index (χ2v) is 5.06. The Labute approximate surface area is 138 Å². The fraction of sp³-hybridized carbons (Fsp3) is 0.133. The molecule has 2 rings (SSSR count). The van der Waals surface area contributed by atoms with Crippen molar-refractivity contribution in [2.45, 2.75) is 6.18 Å². The first-order chi connectivity index (χ1) is 11.2. The molecule has 0 radical (unpaired) electrons. The summed E-state index contributed by atoms with van der Waals surface area (Å²) >= 11 is 5.74. The van der Waals surface area contributed by atoms with Crippen molar-refractivity contribution < 1.29 is 31.5 Å². The van der Waals surface area contributed by atoms with Gasteiger partial charge in [-0.3, -0.25) is 4.79 Å². The predicted octanol–water partition coefficient (Wildman–Crippen LogP) is 4.81. The maximum absolute atomic E-state index is 13.6. The van der Waals surface area contributed by atoms with Gasteiger partial charge in [0.2, 0.25) is 0 Å². The van der Waals surface area contributed by atoms with Crippen molar-refractivity contribution in [2.24, 2.45) is 0 Å². The van der Waals surface area contributed by atoms with Gasteiger partial charge in [0.05, 0.1) is 11.3 Å². The van der Waals surface area contributed by atoms with Crippen molar-refractivity contribution in [1.29, 1.82) is 0 Å². The summed E-state index contributed by atoms with van der Waals surface area (Å²) in [6, 6.07) is 5.82. The van der Waals surface area contributed by atoms with Gasteiger partial charge in [-0.05, 0) is 30.3 Å². The average molecular weight is 366 g/mol. The van der Waals surface area contributed by atoms with E-state index >= 15 is 0 Å². The Bertz CT molecular complexity index is 764. The minimum Gasteiger partial charge on any atom is -0.482 e. The molecule has 0 saturated carbocycles. The van der Waals surface area contributed by atoms with Crippen LogP contribution in [-0.4, -0.2) is 18.7 Å². The highest BCUT2D eigenvalue weighted by molar-refractivity contribution is 6.31. The first-order valence-electron chi connectivity index (χ1n) is 6.41. The summed E-state index contributed by atoms with van der Waals surface area (Å²) in [6.07, 6.45) is -4.58. The number of carbonyl (C=O) groups excluding carboxylic acids is 1. The van der Waals surface area contributed by atoms with E-state index in [1.165, 1.54) is 6.07 Å². The molecule has 2 aromatic carbocycles. The Balaban J connectivity index is 2.24. The van der Waals surface area contributed by atoms with E-state index in [0.29, 0.717) is 6.07 Å². The zero-order valence-electron chi connectivity index (χ0n) is 11.8. The van der Waals surface area contributed by atoms with Crippen molar-refractivity contribution in [2.75, 3.05) is 11.9 Å². The van der Waals surface area contributed by atoms with Crippen LogP contribution in [0.2, 0.25) is 5.02 Å². The minimum absolute atomic E-state index is 0.115. The number of nitrogens with one attached hydrogen (secondary N) is 1. The Morgan fingerprint density at radius 2 is 1.83 bits per heavy atom. The van der Waals surface area contributed by atoms with Crippen LogP contribution in [0.3, 0.4) is 0 Å². The first kappa shape index (κ1) is 18.0. The van der Waals surface area contributed by atoms with Gasteiger partial charge < -0.3 is 10.1 Å². The van der Waals surface area contributed by atoms with Gasteiger partial charge in [-0.1, -0.05) is 11.6 Å². The Morgan fingerprint density at radius 1 is 1.12 bits per heavy atom. The fourth-order valence-corrected chi connectivity index (χ4v) is 1.92. The zero-order chi connectivity index (χ0) is 17.9. The van der Waals surface area contributed by atoms with Crippen LogP contribution in [0.5, 0.6) is 5.75 Å². The number of amides is 1. The molecule has 0 fully saturated rings. The molecule has 9 heteroatoms. The maximum Gasteiger partial charge on any atom is 0.422 e.